The first kappa shape index (κ1) is 30.1. The van der Waals surface area contributed by atoms with Crippen LogP contribution < -0.4 is 15.0 Å². The average Bonchev–Trinajstić information content (AvgIpc) is 2.93. The van der Waals surface area contributed by atoms with E-state index in [1.165, 1.54) is 0 Å². The normalized spacial score (nSPS) is 26.3. The topological polar surface area (TPSA) is 128 Å². The van der Waals surface area contributed by atoms with Gasteiger partial charge in [-0.2, -0.15) is 5.26 Å². The number of nitrogens with zero attached hydrogens (tertiary/aromatic N) is 4. The summed E-state index contributed by atoms with van der Waals surface area (Å²) in [7, 11) is 0. The number of carboxylic acid groups (broad SMARTS) is 1. The van der Waals surface area contributed by atoms with Crippen molar-refractivity contribution in [1.82, 2.24) is 15.2 Å². The molecule has 11 heteroatoms. The zero-order valence-corrected chi connectivity index (χ0v) is 25.2. The van der Waals surface area contributed by atoms with Crippen LogP contribution in [-0.4, -0.2) is 83.9 Å². The van der Waals surface area contributed by atoms with Crippen molar-refractivity contribution >= 4 is 29.3 Å². The number of benzene rings is 1. The smallest absolute Gasteiger partial charge is 0.329 e. The summed E-state index contributed by atoms with van der Waals surface area (Å²) in [5, 5.41) is 21.5. The van der Waals surface area contributed by atoms with Crippen LogP contribution in [0.4, 0.5) is 5.82 Å². The molecule has 3 fully saturated rings. The molecule has 2 aliphatic carbocycles. The third-order valence-electron chi connectivity index (χ3n) is 9.11. The molecule has 0 spiro atoms. The summed E-state index contributed by atoms with van der Waals surface area (Å²) in [5.41, 5.74) is 0.205. The maximum atomic E-state index is 13.3. The van der Waals surface area contributed by atoms with E-state index < -0.39 is 5.97 Å². The third-order valence-corrected chi connectivity index (χ3v) is 9.42. The lowest BCUT2D eigenvalue weighted by Crippen LogP contribution is -2.74. The highest BCUT2D eigenvalue weighted by atomic mass is 35.5. The number of aliphatic carboxylic acids is 1. The van der Waals surface area contributed by atoms with E-state index >= 15 is 0 Å². The molecule has 1 amide bonds. The molecule has 0 atom stereocenters. The Hall–Kier alpha value is -3.39. The third kappa shape index (κ3) is 5.91. The molecule has 1 saturated heterocycles. The number of anilines is 1. The molecular formula is C31H38ClN5O5. The number of hydrogen-bond acceptors (Lipinski definition) is 8. The van der Waals surface area contributed by atoms with Gasteiger partial charge in [0.05, 0.1) is 22.3 Å². The zero-order valence-electron chi connectivity index (χ0n) is 24.5. The number of ether oxygens (including phenoxy) is 2. The molecule has 1 aliphatic heterocycles. The number of nitriles is 1. The SMILES string of the molecule is CC1(C)C(NC(=O)c2ccc(N3CCN(C4CC(OCC(=O)O)C4)CC3)nc2)C(C)(C)C1Oc1ccc(C#N)c(Cl)c1. The Morgan fingerprint density at radius 2 is 1.81 bits per heavy atom. The van der Waals surface area contributed by atoms with E-state index in [4.69, 9.17) is 31.4 Å². The number of carbonyl (C=O) groups excluding carboxylic acids is 1. The number of piperazine rings is 1. The summed E-state index contributed by atoms with van der Waals surface area (Å²) in [6.07, 6.45) is 3.25. The highest BCUT2D eigenvalue weighted by molar-refractivity contribution is 6.31. The van der Waals surface area contributed by atoms with Gasteiger partial charge in [-0.1, -0.05) is 39.3 Å². The van der Waals surface area contributed by atoms with Gasteiger partial charge in [-0.05, 0) is 37.1 Å². The predicted molar refractivity (Wildman–Crippen MR) is 158 cm³/mol. The number of pyridine rings is 1. The number of hydrogen-bond donors (Lipinski definition) is 2. The molecule has 0 radical (unpaired) electrons. The van der Waals surface area contributed by atoms with E-state index in [0.29, 0.717) is 27.9 Å². The molecule has 0 bridgehead atoms. The van der Waals surface area contributed by atoms with Gasteiger partial charge in [-0.3, -0.25) is 9.69 Å². The maximum Gasteiger partial charge on any atom is 0.329 e. The van der Waals surface area contributed by atoms with Crippen molar-refractivity contribution in [2.45, 2.75) is 64.8 Å². The number of carbonyl (C=O) groups is 2. The number of rotatable bonds is 9. The van der Waals surface area contributed by atoms with Gasteiger partial charge in [0.25, 0.3) is 5.91 Å². The highest BCUT2D eigenvalue weighted by Gasteiger charge is 2.64. The quantitative estimate of drug-likeness (QED) is 0.442. The Labute approximate surface area is 251 Å². The minimum absolute atomic E-state index is 0.0422. The van der Waals surface area contributed by atoms with Crippen molar-refractivity contribution in [2.75, 3.05) is 37.7 Å². The first-order chi connectivity index (χ1) is 19.9. The van der Waals surface area contributed by atoms with E-state index in [1.807, 2.05) is 12.1 Å². The lowest BCUT2D eigenvalue weighted by molar-refractivity contribution is -0.164. The molecule has 224 valence electrons. The second-order valence-corrected chi connectivity index (χ2v) is 13.1. The lowest BCUT2D eigenvalue weighted by atomic mass is 9.49. The van der Waals surface area contributed by atoms with Crippen LogP contribution in [0.1, 0.15) is 56.5 Å². The van der Waals surface area contributed by atoms with E-state index in [1.54, 1.807) is 24.4 Å². The molecule has 42 heavy (non-hydrogen) atoms. The Morgan fingerprint density at radius 1 is 1.12 bits per heavy atom. The van der Waals surface area contributed by atoms with Gasteiger partial charge in [0.15, 0.2) is 0 Å². The summed E-state index contributed by atoms with van der Waals surface area (Å²) < 4.78 is 11.7. The van der Waals surface area contributed by atoms with Crippen molar-refractivity contribution in [1.29, 1.82) is 5.26 Å². The van der Waals surface area contributed by atoms with Crippen LogP contribution in [0.2, 0.25) is 5.02 Å². The maximum absolute atomic E-state index is 13.3. The van der Waals surface area contributed by atoms with E-state index in [2.05, 4.69) is 53.9 Å². The molecule has 1 aromatic carbocycles. The summed E-state index contributed by atoms with van der Waals surface area (Å²) in [6.45, 7) is 11.6. The molecule has 2 saturated carbocycles. The molecule has 0 unspecified atom stereocenters. The van der Waals surface area contributed by atoms with Crippen LogP contribution >= 0.6 is 11.6 Å². The van der Waals surface area contributed by atoms with Crippen LogP contribution in [0.15, 0.2) is 36.5 Å². The summed E-state index contributed by atoms with van der Waals surface area (Å²) in [4.78, 5) is 33.2. The van der Waals surface area contributed by atoms with Gasteiger partial charge < -0.3 is 24.8 Å². The second kappa shape index (κ2) is 11.7. The fourth-order valence-electron chi connectivity index (χ4n) is 7.00. The van der Waals surface area contributed by atoms with E-state index in [-0.39, 0.29) is 41.6 Å². The number of amides is 1. The van der Waals surface area contributed by atoms with Crippen LogP contribution in [0.5, 0.6) is 5.75 Å². The lowest BCUT2D eigenvalue weighted by Gasteiger charge is -2.63. The van der Waals surface area contributed by atoms with Gasteiger partial charge in [-0.25, -0.2) is 9.78 Å². The van der Waals surface area contributed by atoms with Crippen LogP contribution in [0, 0.1) is 22.2 Å². The van der Waals surface area contributed by atoms with E-state index in [0.717, 1.165) is 44.8 Å². The zero-order chi connectivity index (χ0) is 30.2. The fraction of sp³-hybridized carbons (Fsp3) is 0.548. The summed E-state index contributed by atoms with van der Waals surface area (Å²) in [5.74, 6) is 0.345. The number of nitrogens with one attached hydrogen (secondary N) is 1. The summed E-state index contributed by atoms with van der Waals surface area (Å²) in [6, 6.07) is 11.2. The minimum atomic E-state index is -0.927. The first-order valence-electron chi connectivity index (χ1n) is 14.4. The van der Waals surface area contributed by atoms with Crippen molar-refractivity contribution in [3.05, 3.63) is 52.7 Å². The summed E-state index contributed by atoms with van der Waals surface area (Å²) >= 11 is 6.20. The Balaban J connectivity index is 1.12. The number of halogens is 1. The van der Waals surface area contributed by atoms with Crippen molar-refractivity contribution in [3.8, 4) is 11.8 Å². The van der Waals surface area contributed by atoms with Crippen molar-refractivity contribution in [3.63, 3.8) is 0 Å². The minimum Gasteiger partial charge on any atom is -0.489 e. The Bertz CT molecular complexity index is 1340. The van der Waals surface area contributed by atoms with Gasteiger partial charge in [0, 0.05) is 61.4 Å². The van der Waals surface area contributed by atoms with Crippen molar-refractivity contribution < 1.29 is 24.2 Å². The molecule has 5 rings (SSSR count). The Morgan fingerprint density at radius 3 is 2.38 bits per heavy atom. The average molecular weight is 596 g/mol. The first-order valence-corrected chi connectivity index (χ1v) is 14.7. The fourth-order valence-corrected chi connectivity index (χ4v) is 7.21. The van der Waals surface area contributed by atoms with Crippen molar-refractivity contribution in [2.24, 2.45) is 10.8 Å². The molecule has 2 aromatic rings. The van der Waals surface area contributed by atoms with Gasteiger partial charge in [0.2, 0.25) is 0 Å². The molecular weight excluding hydrogens is 558 g/mol. The Kier molecular flexibility index (Phi) is 8.39. The van der Waals surface area contributed by atoms with Gasteiger partial charge in [0.1, 0.15) is 30.3 Å². The monoisotopic (exact) mass is 595 g/mol. The predicted octanol–water partition coefficient (Wildman–Crippen LogP) is 3.97. The van der Waals surface area contributed by atoms with Gasteiger partial charge in [-0.15, -0.1) is 0 Å². The molecule has 1 aromatic heterocycles. The largest absolute Gasteiger partial charge is 0.489 e. The molecule has 2 N–H and O–H groups in total. The standard InChI is InChI=1S/C31H38ClN5O5/c1-30(2)28(31(3,4)29(30)42-22-7-5-19(16-33)24(32)15-22)35-27(40)20-6-8-25(34-17-20)37-11-9-36(10-12-37)21-13-23(14-21)41-18-26(38)39/h5-8,15,17,21,23,28-29H,9-14,18H2,1-4H3,(H,35,40)(H,38,39). The number of aromatic nitrogens is 1. The van der Waals surface area contributed by atoms with Crippen LogP contribution in [-0.2, 0) is 9.53 Å². The van der Waals surface area contributed by atoms with Gasteiger partial charge >= 0.3 is 5.97 Å². The van der Waals surface area contributed by atoms with Crippen LogP contribution in [0.25, 0.3) is 0 Å². The highest BCUT2D eigenvalue weighted by Crippen LogP contribution is 2.55. The second-order valence-electron chi connectivity index (χ2n) is 12.7. The number of carboxylic acids is 1. The molecule has 2 heterocycles. The molecule has 3 aliphatic rings. The van der Waals surface area contributed by atoms with E-state index in [9.17, 15) is 9.59 Å². The molecule has 10 nitrogen and oxygen atoms in total. The van der Waals surface area contributed by atoms with Crippen LogP contribution in [0.3, 0.4) is 0 Å².